The molecule has 4 unspecified atom stereocenters. The molecule has 158 valence electrons. The van der Waals surface area contributed by atoms with Crippen molar-refractivity contribution in [2.24, 2.45) is 46.3 Å². The molecule has 7 atom stereocenters. The quantitative estimate of drug-likeness (QED) is 0.446. The minimum absolute atomic E-state index is 0.403. The van der Waals surface area contributed by atoms with Gasteiger partial charge in [-0.05, 0) is 84.9 Å². The maximum Gasteiger partial charge on any atom is 0.133 e. The smallest absolute Gasteiger partial charge is 0.133 e. The van der Waals surface area contributed by atoms with E-state index in [1.54, 1.807) is 0 Å². The molecule has 3 saturated carbocycles. The Morgan fingerprint density at radius 3 is 2.50 bits per heavy atom. The van der Waals surface area contributed by atoms with Crippen molar-refractivity contribution in [2.75, 3.05) is 0 Å². The van der Waals surface area contributed by atoms with Crippen molar-refractivity contribution in [3.8, 4) is 0 Å². The molecule has 0 amide bonds. The number of fused-ring (bicyclic) bond motifs is 5. The predicted molar refractivity (Wildman–Crippen MR) is 118 cm³/mol. The average Bonchev–Trinajstić information content (AvgIpc) is 2.99. The molecule has 3 fully saturated rings. The van der Waals surface area contributed by atoms with Crippen molar-refractivity contribution in [3.63, 3.8) is 0 Å². The van der Waals surface area contributed by atoms with Crippen LogP contribution < -0.4 is 0 Å². The number of hydrogen-bond acceptors (Lipinski definition) is 1. The fourth-order valence-electron chi connectivity index (χ4n) is 8.33. The molecule has 28 heavy (non-hydrogen) atoms. The van der Waals surface area contributed by atoms with E-state index in [0.717, 1.165) is 48.9 Å². The number of hydrogen-bond donors (Lipinski definition) is 0. The second-order valence-electron chi connectivity index (χ2n) is 12.0. The third kappa shape index (κ3) is 3.33. The lowest BCUT2D eigenvalue weighted by Crippen LogP contribution is -2.49. The zero-order chi connectivity index (χ0) is 20.1. The van der Waals surface area contributed by atoms with Gasteiger partial charge >= 0.3 is 0 Å². The van der Waals surface area contributed by atoms with Crippen LogP contribution in [0.25, 0.3) is 0 Å². The number of allylic oxidation sites excluding steroid dienone is 2. The van der Waals surface area contributed by atoms with Gasteiger partial charge in [0.15, 0.2) is 0 Å². The van der Waals surface area contributed by atoms with Gasteiger partial charge in [0.2, 0.25) is 0 Å². The Morgan fingerprint density at radius 1 is 1.00 bits per heavy atom. The van der Waals surface area contributed by atoms with E-state index in [2.05, 4.69) is 40.7 Å². The Labute approximate surface area is 174 Å². The van der Waals surface area contributed by atoms with Crippen molar-refractivity contribution in [1.29, 1.82) is 0 Å². The van der Waals surface area contributed by atoms with Crippen LogP contribution in [0.4, 0.5) is 0 Å². The van der Waals surface area contributed by atoms with Crippen LogP contribution in [0.2, 0.25) is 0 Å². The molecule has 0 saturated heterocycles. The molecule has 0 aliphatic heterocycles. The van der Waals surface area contributed by atoms with Gasteiger partial charge in [-0.25, -0.2) is 0 Å². The Hall–Kier alpha value is -0.590. The number of rotatable bonds is 5. The van der Waals surface area contributed by atoms with Crippen molar-refractivity contribution in [2.45, 2.75) is 105 Å². The fourth-order valence-corrected chi connectivity index (χ4v) is 8.33. The third-order valence-electron chi connectivity index (χ3n) is 10.1. The van der Waals surface area contributed by atoms with E-state index in [9.17, 15) is 4.79 Å². The van der Waals surface area contributed by atoms with Crippen LogP contribution in [0.3, 0.4) is 0 Å². The third-order valence-corrected chi connectivity index (χ3v) is 10.1. The average molecular weight is 385 g/mol. The van der Waals surface area contributed by atoms with E-state index in [1.807, 2.05) is 5.57 Å². The van der Waals surface area contributed by atoms with Gasteiger partial charge in [0.25, 0.3) is 0 Å². The highest BCUT2D eigenvalue weighted by Crippen LogP contribution is 2.66. The molecule has 0 bridgehead atoms. The lowest BCUT2D eigenvalue weighted by Gasteiger charge is -2.57. The van der Waals surface area contributed by atoms with E-state index in [0.29, 0.717) is 22.5 Å². The van der Waals surface area contributed by atoms with Gasteiger partial charge in [-0.15, -0.1) is 0 Å². The van der Waals surface area contributed by atoms with Crippen molar-refractivity contribution >= 4 is 5.78 Å². The second-order valence-corrected chi connectivity index (χ2v) is 12.0. The molecule has 4 rings (SSSR count). The van der Waals surface area contributed by atoms with Gasteiger partial charge in [0.1, 0.15) is 5.78 Å². The minimum Gasteiger partial charge on any atom is -0.300 e. The summed E-state index contributed by atoms with van der Waals surface area (Å²) in [6.07, 6.45) is 16.6. The van der Waals surface area contributed by atoms with Crippen LogP contribution in [0, 0.1) is 46.3 Å². The summed E-state index contributed by atoms with van der Waals surface area (Å²) in [5.74, 6) is 5.40. The molecular weight excluding hydrogens is 340 g/mol. The van der Waals surface area contributed by atoms with E-state index in [4.69, 9.17) is 0 Å². The van der Waals surface area contributed by atoms with E-state index in [-0.39, 0.29) is 0 Å². The molecule has 4 aliphatic rings. The summed E-state index contributed by atoms with van der Waals surface area (Å²) in [5.41, 5.74) is 2.78. The molecule has 0 heterocycles. The highest BCUT2D eigenvalue weighted by molar-refractivity contribution is 5.79. The van der Waals surface area contributed by atoms with Gasteiger partial charge in [0.05, 0.1) is 0 Å². The summed E-state index contributed by atoms with van der Waals surface area (Å²) in [5, 5.41) is 0. The van der Waals surface area contributed by atoms with Crippen LogP contribution in [-0.2, 0) is 4.79 Å². The number of carbonyl (C=O) groups is 1. The SMILES string of the molecule is CC(C)CCCC(C)[C@H]1CCC2C3=CCC4CC(=O)CC[C@]4(C)C3CC[C@@]21C. The van der Waals surface area contributed by atoms with Gasteiger partial charge in [-0.1, -0.05) is 65.5 Å². The highest BCUT2D eigenvalue weighted by atomic mass is 16.1. The molecule has 0 aromatic heterocycles. The number of Topliss-reactive ketones (excluding diaryl/α,β-unsaturated/α-hetero) is 1. The summed E-state index contributed by atoms with van der Waals surface area (Å²) in [4.78, 5) is 12.1. The van der Waals surface area contributed by atoms with Crippen molar-refractivity contribution in [3.05, 3.63) is 11.6 Å². The first kappa shape index (κ1) is 20.7. The zero-order valence-electron chi connectivity index (χ0n) is 19.2. The Balaban J connectivity index is 1.51. The largest absolute Gasteiger partial charge is 0.300 e. The summed E-state index contributed by atoms with van der Waals surface area (Å²) >= 11 is 0. The normalized spacial score (nSPS) is 43.9. The lowest BCUT2D eigenvalue weighted by atomic mass is 9.47. The summed E-state index contributed by atoms with van der Waals surface area (Å²) < 4.78 is 0. The minimum atomic E-state index is 0.403. The Bertz CT molecular complexity index is 630. The van der Waals surface area contributed by atoms with E-state index >= 15 is 0 Å². The number of carbonyl (C=O) groups excluding carboxylic acids is 1. The van der Waals surface area contributed by atoms with E-state index < -0.39 is 0 Å². The van der Waals surface area contributed by atoms with Gasteiger partial charge < -0.3 is 0 Å². The number of ketones is 1. The molecule has 0 N–H and O–H groups in total. The first-order chi connectivity index (χ1) is 13.3. The van der Waals surface area contributed by atoms with Crippen LogP contribution in [-0.4, -0.2) is 5.78 Å². The summed E-state index contributed by atoms with van der Waals surface area (Å²) in [7, 11) is 0. The standard InChI is InChI=1S/C27H44O/c1-18(2)7-6-8-19(3)23-11-12-24-22-10-9-20-17-21(28)13-15-26(20,4)25(22)14-16-27(23,24)5/h10,18-20,23-25H,6-9,11-17H2,1-5H3/t19?,20?,23-,24?,25?,26+,27-/m1/s1. The van der Waals surface area contributed by atoms with Crippen LogP contribution >= 0.6 is 0 Å². The van der Waals surface area contributed by atoms with Gasteiger partial charge in [-0.3, -0.25) is 4.79 Å². The lowest BCUT2D eigenvalue weighted by molar-refractivity contribution is -0.127. The van der Waals surface area contributed by atoms with Crippen molar-refractivity contribution in [1.82, 2.24) is 0 Å². The predicted octanol–water partition coefficient (Wildman–Crippen LogP) is 7.60. The van der Waals surface area contributed by atoms with Gasteiger partial charge in [-0.2, -0.15) is 0 Å². The molecule has 1 nitrogen and oxygen atoms in total. The van der Waals surface area contributed by atoms with Gasteiger partial charge in [0, 0.05) is 12.8 Å². The summed E-state index contributed by atoms with van der Waals surface area (Å²) in [6.45, 7) is 12.5. The molecule has 0 aromatic rings. The topological polar surface area (TPSA) is 17.1 Å². The summed E-state index contributed by atoms with van der Waals surface area (Å²) in [6, 6.07) is 0. The first-order valence-electron chi connectivity index (χ1n) is 12.5. The molecule has 4 aliphatic carbocycles. The van der Waals surface area contributed by atoms with Crippen LogP contribution in [0.15, 0.2) is 11.6 Å². The second kappa shape index (κ2) is 7.59. The molecule has 0 spiro atoms. The van der Waals surface area contributed by atoms with Crippen LogP contribution in [0.1, 0.15) is 105 Å². The molecular formula is C27H44O. The zero-order valence-corrected chi connectivity index (χ0v) is 19.2. The fraction of sp³-hybridized carbons (Fsp3) is 0.889. The molecule has 0 aromatic carbocycles. The van der Waals surface area contributed by atoms with Crippen LogP contribution in [0.5, 0.6) is 0 Å². The Kier molecular flexibility index (Phi) is 5.60. The molecule has 0 radical (unpaired) electrons. The molecule has 1 heteroatoms. The Morgan fingerprint density at radius 2 is 1.75 bits per heavy atom. The van der Waals surface area contributed by atoms with Crippen molar-refractivity contribution < 1.29 is 4.79 Å². The first-order valence-corrected chi connectivity index (χ1v) is 12.5. The monoisotopic (exact) mass is 384 g/mol. The highest BCUT2D eigenvalue weighted by Gasteiger charge is 2.58. The maximum atomic E-state index is 12.1. The maximum absolute atomic E-state index is 12.1. The van der Waals surface area contributed by atoms with E-state index in [1.165, 1.54) is 51.4 Å².